The van der Waals surface area contributed by atoms with E-state index in [0.29, 0.717) is 6.04 Å². The molecule has 0 bridgehead atoms. The average molecular weight is 245 g/mol. The molecule has 2 heterocycles. The molecule has 0 radical (unpaired) electrons. The molecule has 96 valence electrons. The van der Waals surface area contributed by atoms with Crippen LogP contribution in [-0.4, -0.2) is 31.3 Å². The van der Waals surface area contributed by atoms with Gasteiger partial charge in [0.2, 0.25) is 0 Å². The normalized spacial score (nSPS) is 20.5. The van der Waals surface area contributed by atoms with Crippen molar-refractivity contribution >= 4 is 16.8 Å². The summed E-state index contributed by atoms with van der Waals surface area (Å²) in [6.07, 6.45) is 3.77. The predicted molar refractivity (Wildman–Crippen MR) is 72.9 cm³/mol. The van der Waals surface area contributed by atoms with E-state index in [1.807, 2.05) is 25.2 Å². The summed E-state index contributed by atoms with van der Waals surface area (Å²) in [5.41, 5.74) is 0.876. The molecule has 1 atom stereocenters. The molecule has 1 fully saturated rings. The Morgan fingerprint density at radius 2 is 2.28 bits per heavy atom. The monoisotopic (exact) mass is 245 g/mol. The maximum absolute atomic E-state index is 5.42. The summed E-state index contributed by atoms with van der Waals surface area (Å²) >= 11 is 0. The van der Waals surface area contributed by atoms with E-state index in [-0.39, 0.29) is 0 Å². The van der Waals surface area contributed by atoms with Crippen molar-refractivity contribution in [1.82, 2.24) is 10.5 Å². The number of hydrogen-bond acceptors (Lipinski definition) is 4. The van der Waals surface area contributed by atoms with Gasteiger partial charge in [0.15, 0.2) is 11.4 Å². The molecule has 1 aromatic carbocycles. The van der Waals surface area contributed by atoms with Gasteiger partial charge >= 0.3 is 0 Å². The van der Waals surface area contributed by atoms with Crippen LogP contribution in [0.2, 0.25) is 0 Å². The molecule has 0 saturated carbocycles. The molecule has 3 rings (SSSR count). The summed E-state index contributed by atoms with van der Waals surface area (Å²) < 4.78 is 5.42. The van der Waals surface area contributed by atoms with E-state index in [9.17, 15) is 0 Å². The fourth-order valence-electron chi connectivity index (χ4n) is 2.81. The van der Waals surface area contributed by atoms with Crippen molar-refractivity contribution in [1.29, 1.82) is 0 Å². The van der Waals surface area contributed by atoms with Crippen molar-refractivity contribution in [3.05, 3.63) is 24.3 Å². The van der Waals surface area contributed by atoms with Crippen molar-refractivity contribution in [3.63, 3.8) is 0 Å². The molecule has 1 saturated heterocycles. The van der Waals surface area contributed by atoms with Gasteiger partial charge in [-0.1, -0.05) is 17.3 Å². The maximum Gasteiger partial charge on any atom is 0.180 e. The minimum absolute atomic E-state index is 0.525. The lowest BCUT2D eigenvalue weighted by atomic mass is 10.0. The Bertz CT molecular complexity index is 520. The van der Waals surface area contributed by atoms with Gasteiger partial charge in [0.1, 0.15) is 0 Å². The first-order chi connectivity index (χ1) is 8.90. The molecule has 1 aromatic heterocycles. The van der Waals surface area contributed by atoms with Crippen molar-refractivity contribution in [2.24, 2.45) is 0 Å². The Labute approximate surface area is 107 Å². The number of aromatic nitrogens is 1. The van der Waals surface area contributed by atoms with Gasteiger partial charge in [0.25, 0.3) is 0 Å². The topological polar surface area (TPSA) is 41.3 Å². The molecule has 1 aliphatic heterocycles. The second-order valence-electron chi connectivity index (χ2n) is 4.90. The van der Waals surface area contributed by atoms with Crippen LogP contribution in [-0.2, 0) is 0 Å². The molecule has 1 N–H and O–H groups in total. The first kappa shape index (κ1) is 11.5. The smallest absolute Gasteiger partial charge is 0.180 e. The SMILES string of the molecule is CNCC1CCCCN1c1noc2ccccc12. The van der Waals surface area contributed by atoms with E-state index >= 15 is 0 Å². The van der Waals surface area contributed by atoms with Gasteiger partial charge in [-0.05, 0) is 38.4 Å². The van der Waals surface area contributed by atoms with Gasteiger partial charge in [-0.25, -0.2) is 0 Å². The largest absolute Gasteiger partial charge is 0.354 e. The molecular weight excluding hydrogens is 226 g/mol. The van der Waals surface area contributed by atoms with E-state index in [1.165, 1.54) is 19.3 Å². The van der Waals surface area contributed by atoms with Crippen LogP contribution in [0.3, 0.4) is 0 Å². The molecule has 0 amide bonds. The summed E-state index contributed by atoms with van der Waals surface area (Å²) in [5.74, 6) is 1.01. The molecule has 4 nitrogen and oxygen atoms in total. The second kappa shape index (κ2) is 4.98. The molecule has 1 aliphatic rings. The Balaban J connectivity index is 1.96. The van der Waals surface area contributed by atoms with Crippen molar-refractivity contribution in [2.75, 3.05) is 25.0 Å². The summed E-state index contributed by atoms with van der Waals surface area (Å²) in [5, 5.41) is 8.68. The standard InChI is InChI=1S/C14H19N3O/c1-15-10-11-6-4-5-9-17(11)14-12-7-2-3-8-13(12)18-16-14/h2-3,7-8,11,15H,4-6,9-10H2,1H3. The highest BCUT2D eigenvalue weighted by Gasteiger charge is 2.25. The quantitative estimate of drug-likeness (QED) is 0.901. The Kier molecular flexibility index (Phi) is 3.19. The molecule has 4 heteroatoms. The fourth-order valence-corrected chi connectivity index (χ4v) is 2.81. The second-order valence-corrected chi connectivity index (χ2v) is 4.90. The highest BCUT2D eigenvalue weighted by atomic mass is 16.5. The third-order valence-corrected chi connectivity index (χ3v) is 3.70. The molecular formula is C14H19N3O. The van der Waals surface area contributed by atoms with Gasteiger partial charge in [-0.3, -0.25) is 0 Å². The van der Waals surface area contributed by atoms with Crippen LogP contribution in [0, 0.1) is 0 Å². The summed E-state index contributed by atoms with van der Waals surface area (Å²) in [6.45, 7) is 2.07. The van der Waals surface area contributed by atoms with Gasteiger partial charge in [0, 0.05) is 19.1 Å². The number of hydrogen-bond donors (Lipinski definition) is 1. The van der Waals surface area contributed by atoms with Crippen LogP contribution >= 0.6 is 0 Å². The molecule has 1 unspecified atom stereocenters. The number of rotatable bonds is 3. The number of para-hydroxylation sites is 1. The number of anilines is 1. The first-order valence-corrected chi connectivity index (χ1v) is 6.66. The lowest BCUT2D eigenvalue weighted by Crippen LogP contribution is -2.45. The maximum atomic E-state index is 5.42. The average Bonchev–Trinajstić information content (AvgIpc) is 2.84. The number of piperidine rings is 1. The number of benzene rings is 1. The van der Waals surface area contributed by atoms with Crippen LogP contribution in [0.5, 0.6) is 0 Å². The third kappa shape index (κ3) is 1.97. The van der Waals surface area contributed by atoms with E-state index in [0.717, 1.165) is 29.9 Å². The van der Waals surface area contributed by atoms with E-state index in [2.05, 4.69) is 21.4 Å². The van der Waals surface area contributed by atoms with E-state index in [1.54, 1.807) is 0 Å². The number of nitrogens with one attached hydrogen (secondary N) is 1. The lowest BCUT2D eigenvalue weighted by molar-refractivity contribution is 0.418. The number of likely N-dealkylation sites (N-methyl/N-ethyl adjacent to an activating group) is 1. The molecule has 2 aromatic rings. The van der Waals surface area contributed by atoms with Crippen LogP contribution in [0.25, 0.3) is 11.0 Å². The van der Waals surface area contributed by atoms with Crippen molar-refractivity contribution in [3.8, 4) is 0 Å². The number of fused-ring (bicyclic) bond motifs is 1. The molecule has 0 aliphatic carbocycles. The first-order valence-electron chi connectivity index (χ1n) is 6.66. The fraction of sp³-hybridized carbons (Fsp3) is 0.500. The molecule has 18 heavy (non-hydrogen) atoms. The highest BCUT2D eigenvalue weighted by molar-refractivity contribution is 5.88. The predicted octanol–water partition coefficient (Wildman–Crippen LogP) is 2.41. The highest BCUT2D eigenvalue weighted by Crippen LogP contribution is 2.30. The zero-order valence-electron chi connectivity index (χ0n) is 10.7. The summed E-state index contributed by atoms with van der Waals surface area (Å²) in [7, 11) is 2.01. The van der Waals surface area contributed by atoms with E-state index < -0.39 is 0 Å². The Morgan fingerprint density at radius 3 is 3.17 bits per heavy atom. The zero-order valence-corrected chi connectivity index (χ0v) is 10.7. The Morgan fingerprint density at radius 1 is 1.39 bits per heavy atom. The van der Waals surface area contributed by atoms with Crippen molar-refractivity contribution < 1.29 is 4.52 Å². The Hall–Kier alpha value is -1.55. The minimum Gasteiger partial charge on any atom is -0.354 e. The van der Waals surface area contributed by atoms with Crippen LogP contribution in [0.15, 0.2) is 28.8 Å². The van der Waals surface area contributed by atoms with Gasteiger partial charge in [0.05, 0.1) is 5.39 Å². The minimum atomic E-state index is 0.525. The van der Waals surface area contributed by atoms with Crippen molar-refractivity contribution in [2.45, 2.75) is 25.3 Å². The summed E-state index contributed by atoms with van der Waals surface area (Å²) in [4.78, 5) is 2.39. The van der Waals surface area contributed by atoms with Crippen LogP contribution < -0.4 is 10.2 Å². The molecule has 0 spiro atoms. The van der Waals surface area contributed by atoms with E-state index in [4.69, 9.17) is 4.52 Å². The van der Waals surface area contributed by atoms with Gasteiger partial charge in [-0.2, -0.15) is 0 Å². The lowest BCUT2D eigenvalue weighted by Gasteiger charge is -2.35. The van der Waals surface area contributed by atoms with Crippen LogP contribution in [0.1, 0.15) is 19.3 Å². The van der Waals surface area contributed by atoms with Gasteiger partial charge in [-0.15, -0.1) is 0 Å². The zero-order chi connectivity index (χ0) is 12.4. The number of nitrogens with zero attached hydrogens (tertiary/aromatic N) is 2. The van der Waals surface area contributed by atoms with Gasteiger partial charge < -0.3 is 14.7 Å². The summed E-state index contributed by atoms with van der Waals surface area (Å²) in [6, 6.07) is 8.62. The van der Waals surface area contributed by atoms with Crippen LogP contribution in [0.4, 0.5) is 5.82 Å². The third-order valence-electron chi connectivity index (χ3n) is 3.70.